The second kappa shape index (κ2) is 11.2. The molecular formula is C27H27F3N6O5S2. The normalized spacial score (nSPS) is 16.1. The maximum Gasteiger partial charge on any atom is 0.420 e. The van der Waals surface area contributed by atoms with E-state index in [-0.39, 0.29) is 17.7 Å². The fraction of sp³-hybridized carbons (Fsp3) is 0.333. The van der Waals surface area contributed by atoms with Gasteiger partial charge in [0.05, 0.1) is 33.8 Å². The highest BCUT2D eigenvalue weighted by molar-refractivity contribution is 7.89. The van der Waals surface area contributed by atoms with Gasteiger partial charge in [-0.05, 0) is 69.2 Å². The van der Waals surface area contributed by atoms with Crippen LogP contribution in [0.5, 0.6) is 0 Å². The molecule has 0 saturated heterocycles. The molecule has 0 bridgehead atoms. The predicted molar refractivity (Wildman–Crippen MR) is 154 cm³/mol. The van der Waals surface area contributed by atoms with Crippen LogP contribution >= 0.6 is 11.3 Å². The summed E-state index contributed by atoms with van der Waals surface area (Å²) >= 11 is 1.17. The number of anilines is 3. The monoisotopic (exact) mass is 636 g/mol. The van der Waals surface area contributed by atoms with Crippen LogP contribution in [-0.4, -0.2) is 60.1 Å². The molecule has 0 radical (unpaired) electrons. The van der Waals surface area contributed by atoms with E-state index in [0.29, 0.717) is 37.8 Å². The van der Waals surface area contributed by atoms with Crippen LogP contribution in [0.3, 0.4) is 0 Å². The topological polar surface area (TPSA) is 134 Å². The molecule has 228 valence electrons. The lowest BCUT2D eigenvalue weighted by molar-refractivity contribution is -0.172. The molecule has 2 amide bonds. The van der Waals surface area contributed by atoms with Crippen molar-refractivity contribution in [2.24, 2.45) is 0 Å². The Balaban J connectivity index is 1.52. The number of carbonyl (C=O) groups excluding carboxylic acids is 2. The van der Waals surface area contributed by atoms with Crippen molar-refractivity contribution in [3.63, 3.8) is 0 Å². The second-order valence-corrected chi connectivity index (χ2v) is 12.9. The van der Waals surface area contributed by atoms with E-state index in [9.17, 15) is 31.2 Å². The number of hydrogen-bond acceptors (Lipinski definition) is 9. The number of alkyl halides is 3. The Hall–Kier alpha value is -4.02. The van der Waals surface area contributed by atoms with Crippen molar-refractivity contribution in [2.75, 3.05) is 16.8 Å². The fourth-order valence-electron chi connectivity index (χ4n) is 4.70. The van der Waals surface area contributed by atoms with Crippen molar-refractivity contribution in [2.45, 2.75) is 57.4 Å². The van der Waals surface area contributed by atoms with Gasteiger partial charge in [-0.3, -0.25) is 9.69 Å². The van der Waals surface area contributed by atoms with Crippen molar-refractivity contribution >= 4 is 50.1 Å². The average Bonchev–Trinajstić information content (AvgIpc) is 3.45. The van der Waals surface area contributed by atoms with Gasteiger partial charge >= 0.3 is 12.3 Å². The number of aryl methyl sites for hydroxylation is 1. The lowest BCUT2D eigenvalue weighted by Gasteiger charge is -2.26. The Labute approximate surface area is 249 Å². The first-order valence-corrected chi connectivity index (χ1v) is 15.4. The molecule has 1 aromatic carbocycles. The molecule has 0 unspecified atom stereocenters. The number of sulfonamides is 1. The number of amides is 2. The van der Waals surface area contributed by atoms with Crippen molar-refractivity contribution in [3.8, 4) is 10.4 Å². The van der Waals surface area contributed by atoms with Gasteiger partial charge in [-0.25, -0.2) is 27.9 Å². The molecule has 0 saturated carbocycles. The van der Waals surface area contributed by atoms with Crippen LogP contribution in [0.25, 0.3) is 10.4 Å². The number of carbonyl (C=O) groups is 2. The standard InChI is InChI=1S/C27H27F3N6O5S2/c1-14(2)34-43(39,40)19-12-17(11-18-13-36(24(37)22(18)19)16(4)27(28,29)30)23-15(3)31-25(42-23)33-20-7-5-8-21(32-20)35-9-6-10-41-26(35)38/h5-8,10-12,14,16,34H,9,13H2,1-4H3,(H,31,32,33)/t16-/m0/s1. The lowest BCUT2D eigenvalue weighted by Crippen LogP contribution is -2.43. The van der Waals surface area contributed by atoms with Crippen molar-refractivity contribution in [3.05, 3.63) is 59.5 Å². The van der Waals surface area contributed by atoms with Gasteiger partial charge in [0.15, 0.2) is 5.13 Å². The maximum atomic E-state index is 13.6. The summed E-state index contributed by atoms with van der Waals surface area (Å²) in [5.74, 6) is -0.278. The van der Waals surface area contributed by atoms with E-state index in [1.165, 1.54) is 34.6 Å². The molecule has 2 aliphatic rings. The summed E-state index contributed by atoms with van der Waals surface area (Å²) in [6.07, 6.45) is -2.30. The number of ether oxygens (including phenoxy) is 1. The SMILES string of the molecule is Cc1nc(Nc2cccc(N3CC=COC3=O)n2)sc1-c1cc2c(c(S(=O)(=O)NC(C)C)c1)C(=O)N([C@@H](C)C(F)(F)F)C2. The number of rotatable bonds is 8. The summed E-state index contributed by atoms with van der Waals surface area (Å²) in [4.78, 5) is 36.4. The Kier molecular flexibility index (Phi) is 7.96. The van der Waals surface area contributed by atoms with E-state index in [1.807, 2.05) is 0 Å². The van der Waals surface area contributed by atoms with E-state index in [2.05, 4.69) is 20.0 Å². The van der Waals surface area contributed by atoms with Crippen molar-refractivity contribution in [1.82, 2.24) is 19.6 Å². The molecular weight excluding hydrogens is 609 g/mol. The lowest BCUT2D eigenvalue weighted by atomic mass is 10.0. The van der Waals surface area contributed by atoms with Crippen LogP contribution in [-0.2, 0) is 21.3 Å². The summed E-state index contributed by atoms with van der Waals surface area (Å²) in [7, 11) is -4.27. The Bertz CT molecular complexity index is 1740. The van der Waals surface area contributed by atoms with Gasteiger partial charge in [0.2, 0.25) is 10.0 Å². The molecule has 0 fully saturated rings. The molecule has 43 heavy (non-hydrogen) atoms. The van der Waals surface area contributed by atoms with Gasteiger partial charge in [-0.2, -0.15) is 13.2 Å². The number of aromatic nitrogens is 2. The van der Waals surface area contributed by atoms with Crippen LogP contribution in [0.2, 0.25) is 0 Å². The number of thiazole rings is 1. The number of fused-ring (bicyclic) bond motifs is 1. The van der Waals surface area contributed by atoms with E-state index in [1.54, 1.807) is 45.0 Å². The highest BCUT2D eigenvalue weighted by Crippen LogP contribution is 2.41. The first-order valence-electron chi connectivity index (χ1n) is 13.1. The highest BCUT2D eigenvalue weighted by Gasteiger charge is 2.46. The van der Waals surface area contributed by atoms with Gasteiger partial charge < -0.3 is 15.0 Å². The molecule has 11 nitrogen and oxygen atoms in total. The van der Waals surface area contributed by atoms with Gasteiger partial charge in [0, 0.05) is 12.6 Å². The third-order valence-corrected chi connectivity index (χ3v) is 9.50. The van der Waals surface area contributed by atoms with E-state index in [0.717, 1.165) is 6.92 Å². The van der Waals surface area contributed by atoms with Crippen LogP contribution in [0, 0.1) is 6.92 Å². The molecule has 0 spiro atoms. The Morgan fingerprint density at radius 3 is 2.53 bits per heavy atom. The molecule has 16 heteroatoms. The molecule has 2 aromatic heterocycles. The minimum absolute atomic E-state index is 0.168. The zero-order valence-corrected chi connectivity index (χ0v) is 25.0. The number of pyridine rings is 1. The van der Waals surface area contributed by atoms with Crippen molar-refractivity contribution < 1.29 is 35.9 Å². The van der Waals surface area contributed by atoms with Crippen molar-refractivity contribution in [1.29, 1.82) is 0 Å². The number of hydrogen-bond donors (Lipinski definition) is 2. The zero-order valence-electron chi connectivity index (χ0n) is 23.4. The maximum absolute atomic E-state index is 13.6. The van der Waals surface area contributed by atoms with E-state index >= 15 is 0 Å². The number of nitrogens with one attached hydrogen (secondary N) is 2. The molecule has 4 heterocycles. The van der Waals surface area contributed by atoms with Gasteiger partial charge in [-0.1, -0.05) is 17.4 Å². The smallest absolute Gasteiger partial charge is 0.418 e. The van der Waals surface area contributed by atoms with E-state index < -0.39 is 51.7 Å². The van der Waals surface area contributed by atoms with Gasteiger partial charge in [0.25, 0.3) is 5.91 Å². The molecule has 5 rings (SSSR count). The first kappa shape index (κ1) is 30.4. The molecule has 0 aliphatic carbocycles. The predicted octanol–water partition coefficient (Wildman–Crippen LogP) is 5.32. The second-order valence-electron chi connectivity index (χ2n) is 10.2. The number of halogens is 3. The van der Waals surface area contributed by atoms with Crippen LogP contribution < -0.4 is 14.9 Å². The minimum Gasteiger partial charge on any atom is -0.418 e. The Morgan fingerprint density at radius 1 is 1.12 bits per heavy atom. The first-order chi connectivity index (χ1) is 20.2. The molecule has 2 aliphatic heterocycles. The number of benzene rings is 1. The van der Waals surface area contributed by atoms with Gasteiger partial charge in [0.1, 0.15) is 17.7 Å². The number of nitrogens with zero attached hydrogens (tertiary/aromatic N) is 4. The average molecular weight is 637 g/mol. The summed E-state index contributed by atoms with van der Waals surface area (Å²) in [6, 6.07) is 5.19. The largest absolute Gasteiger partial charge is 0.420 e. The molecule has 3 aromatic rings. The van der Waals surface area contributed by atoms with Crippen LogP contribution in [0.15, 0.2) is 47.6 Å². The molecule has 1 atom stereocenters. The van der Waals surface area contributed by atoms with E-state index in [4.69, 9.17) is 4.74 Å². The quantitative estimate of drug-likeness (QED) is 0.340. The molecule has 2 N–H and O–H groups in total. The Morgan fingerprint density at radius 2 is 1.86 bits per heavy atom. The minimum atomic E-state index is -4.69. The summed E-state index contributed by atoms with van der Waals surface area (Å²) in [5.41, 5.74) is 0.783. The zero-order chi connectivity index (χ0) is 31.3. The summed E-state index contributed by atoms with van der Waals surface area (Å²) in [6.45, 7) is 5.65. The summed E-state index contributed by atoms with van der Waals surface area (Å²) < 4.78 is 74.7. The number of cyclic esters (lactones) is 1. The summed E-state index contributed by atoms with van der Waals surface area (Å²) in [5, 5.41) is 3.47. The third kappa shape index (κ3) is 6.07. The third-order valence-electron chi connectivity index (χ3n) is 6.70. The highest BCUT2D eigenvalue weighted by atomic mass is 32.2. The fourth-order valence-corrected chi connectivity index (χ4v) is 7.17. The van der Waals surface area contributed by atoms with Gasteiger partial charge in [-0.15, -0.1) is 0 Å². The van der Waals surface area contributed by atoms with Crippen LogP contribution in [0.1, 0.15) is 42.4 Å². The van der Waals surface area contributed by atoms with Crippen LogP contribution in [0.4, 0.5) is 34.7 Å².